The van der Waals surface area contributed by atoms with Crippen molar-refractivity contribution in [2.75, 3.05) is 0 Å². The SMILES string of the molecule is NC(=O)c1c(-c2ccc3ocnc3c2)c2ccccc2n1-c1cccc(C(F)(F)F)c1. The average Bonchev–Trinajstić information content (AvgIpc) is 3.35. The predicted octanol–water partition coefficient (Wildman–Crippen LogP) is 5.56. The van der Waals surface area contributed by atoms with E-state index in [9.17, 15) is 18.0 Å². The molecule has 0 radical (unpaired) electrons. The van der Waals surface area contributed by atoms with Gasteiger partial charge in [-0.2, -0.15) is 13.2 Å². The van der Waals surface area contributed by atoms with Crippen LogP contribution in [0, 0.1) is 0 Å². The second-order valence-corrected chi connectivity index (χ2v) is 7.02. The number of amides is 1. The van der Waals surface area contributed by atoms with Crippen LogP contribution in [0.25, 0.3) is 38.8 Å². The molecule has 2 heterocycles. The van der Waals surface area contributed by atoms with E-state index in [1.807, 2.05) is 0 Å². The van der Waals surface area contributed by atoms with Crippen LogP contribution >= 0.6 is 0 Å². The number of primary amides is 1. The monoisotopic (exact) mass is 421 g/mol. The molecular weight excluding hydrogens is 407 g/mol. The molecule has 0 saturated heterocycles. The average molecular weight is 421 g/mol. The minimum atomic E-state index is -4.52. The Balaban J connectivity index is 1.87. The minimum Gasteiger partial charge on any atom is -0.443 e. The Morgan fingerprint density at radius 3 is 2.58 bits per heavy atom. The number of benzene rings is 3. The first kappa shape index (κ1) is 18.9. The highest BCUT2D eigenvalue weighted by Crippen LogP contribution is 2.39. The number of nitrogens with zero attached hydrogens (tertiary/aromatic N) is 2. The summed E-state index contributed by atoms with van der Waals surface area (Å²) in [5, 5.41) is 0.677. The first-order valence-corrected chi connectivity index (χ1v) is 9.29. The van der Waals surface area contributed by atoms with Crippen LogP contribution in [0.3, 0.4) is 0 Å². The van der Waals surface area contributed by atoms with E-state index in [0.717, 1.165) is 12.1 Å². The van der Waals surface area contributed by atoms with Gasteiger partial charge in [-0.05, 0) is 42.0 Å². The molecule has 5 nitrogen and oxygen atoms in total. The fourth-order valence-corrected chi connectivity index (χ4v) is 3.87. The molecule has 3 aromatic carbocycles. The second kappa shape index (κ2) is 6.73. The van der Waals surface area contributed by atoms with Crippen LogP contribution in [0.4, 0.5) is 13.2 Å². The first-order valence-electron chi connectivity index (χ1n) is 9.29. The number of carbonyl (C=O) groups excluding carboxylic acids is 1. The van der Waals surface area contributed by atoms with Gasteiger partial charge in [0.2, 0.25) is 0 Å². The summed E-state index contributed by atoms with van der Waals surface area (Å²) in [5.41, 5.74) is 8.11. The Bertz CT molecular complexity index is 1460. The molecular formula is C23H14F3N3O2. The van der Waals surface area contributed by atoms with Crippen LogP contribution in [0.2, 0.25) is 0 Å². The number of rotatable bonds is 3. The molecule has 1 amide bonds. The van der Waals surface area contributed by atoms with E-state index in [1.54, 1.807) is 42.5 Å². The van der Waals surface area contributed by atoms with Gasteiger partial charge in [0.1, 0.15) is 11.2 Å². The van der Waals surface area contributed by atoms with Crippen molar-refractivity contribution in [2.45, 2.75) is 6.18 Å². The normalized spacial score (nSPS) is 12.0. The van der Waals surface area contributed by atoms with E-state index in [1.165, 1.54) is 23.1 Å². The van der Waals surface area contributed by atoms with Crippen molar-refractivity contribution in [1.82, 2.24) is 9.55 Å². The molecule has 0 bridgehead atoms. The number of aromatic nitrogens is 2. The van der Waals surface area contributed by atoms with Gasteiger partial charge in [0.25, 0.3) is 5.91 Å². The summed E-state index contributed by atoms with van der Waals surface area (Å²) in [7, 11) is 0. The van der Waals surface area contributed by atoms with Crippen molar-refractivity contribution in [3.63, 3.8) is 0 Å². The lowest BCUT2D eigenvalue weighted by molar-refractivity contribution is -0.137. The van der Waals surface area contributed by atoms with Crippen molar-refractivity contribution in [3.8, 4) is 16.8 Å². The largest absolute Gasteiger partial charge is 0.443 e. The Morgan fingerprint density at radius 2 is 1.81 bits per heavy atom. The van der Waals surface area contributed by atoms with Crippen LogP contribution in [0.5, 0.6) is 0 Å². The van der Waals surface area contributed by atoms with Crippen LogP contribution in [0.15, 0.2) is 77.5 Å². The number of para-hydroxylation sites is 1. The molecule has 0 aliphatic heterocycles. The number of hydrogen-bond donors (Lipinski definition) is 1. The lowest BCUT2D eigenvalue weighted by Crippen LogP contribution is -2.17. The fourth-order valence-electron chi connectivity index (χ4n) is 3.87. The summed E-state index contributed by atoms with van der Waals surface area (Å²) in [5.74, 6) is -0.760. The Hall–Kier alpha value is -4.07. The number of hydrogen-bond acceptors (Lipinski definition) is 3. The fraction of sp³-hybridized carbons (Fsp3) is 0.0435. The summed E-state index contributed by atoms with van der Waals surface area (Å²) in [6, 6.07) is 17.1. The van der Waals surface area contributed by atoms with E-state index < -0.39 is 17.6 Å². The maximum atomic E-state index is 13.3. The summed E-state index contributed by atoms with van der Waals surface area (Å²) in [6.45, 7) is 0. The van der Waals surface area contributed by atoms with Crippen molar-refractivity contribution in [3.05, 3.63) is 84.4 Å². The molecule has 2 N–H and O–H groups in total. The zero-order valence-electron chi connectivity index (χ0n) is 15.9. The third-order valence-corrected chi connectivity index (χ3v) is 5.16. The van der Waals surface area contributed by atoms with Gasteiger partial charge in [0.05, 0.1) is 11.1 Å². The molecule has 0 unspecified atom stereocenters. The molecule has 0 spiro atoms. The highest BCUT2D eigenvalue weighted by Gasteiger charge is 2.31. The number of alkyl halides is 3. The first-order chi connectivity index (χ1) is 14.8. The second-order valence-electron chi connectivity index (χ2n) is 7.02. The van der Waals surface area contributed by atoms with Crippen LogP contribution in [-0.4, -0.2) is 15.5 Å². The highest BCUT2D eigenvalue weighted by molar-refractivity contribution is 6.11. The topological polar surface area (TPSA) is 74.1 Å². The number of halogens is 3. The smallest absolute Gasteiger partial charge is 0.416 e. The van der Waals surface area contributed by atoms with Crippen molar-refractivity contribution >= 4 is 27.9 Å². The quantitative estimate of drug-likeness (QED) is 0.415. The number of fused-ring (bicyclic) bond motifs is 2. The van der Waals surface area contributed by atoms with Gasteiger partial charge in [-0.15, -0.1) is 0 Å². The Morgan fingerprint density at radius 1 is 1.00 bits per heavy atom. The van der Waals surface area contributed by atoms with Gasteiger partial charge in [0.15, 0.2) is 12.0 Å². The van der Waals surface area contributed by atoms with Gasteiger partial charge < -0.3 is 14.7 Å². The van der Waals surface area contributed by atoms with Crippen LogP contribution in [0.1, 0.15) is 16.1 Å². The van der Waals surface area contributed by atoms with Crippen molar-refractivity contribution < 1.29 is 22.4 Å². The third kappa shape index (κ3) is 3.04. The molecule has 5 aromatic rings. The number of nitrogens with two attached hydrogens (primary N) is 1. The lowest BCUT2D eigenvalue weighted by Gasteiger charge is -2.13. The molecule has 0 fully saturated rings. The Kier molecular flexibility index (Phi) is 4.11. The summed E-state index contributed by atoms with van der Waals surface area (Å²) in [6.07, 6.45) is -3.21. The summed E-state index contributed by atoms with van der Waals surface area (Å²) in [4.78, 5) is 16.7. The van der Waals surface area contributed by atoms with E-state index in [-0.39, 0.29) is 11.4 Å². The van der Waals surface area contributed by atoms with E-state index >= 15 is 0 Å². The van der Waals surface area contributed by atoms with Gasteiger partial charge in [-0.25, -0.2) is 4.98 Å². The zero-order valence-corrected chi connectivity index (χ0v) is 15.9. The number of oxazole rings is 1. The third-order valence-electron chi connectivity index (χ3n) is 5.16. The molecule has 0 aliphatic rings. The van der Waals surface area contributed by atoms with Crippen LogP contribution in [-0.2, 0) is 6.18 Å². The molecule has 5 rings (SSSR count). The van der Waals surface area contributed by atoms with Crippen molar-refractivity contribution in [1.29, 1.82) is 0 Å². The molecule has 154 valence electrons. The number of carbonyl (C=O) groups is 1. The standard InChI is InChI=1S/C23H14F3N3O2/c24-23(25,26)14-4-3-5-15(11-14)29-18-7-2-1-6-16(18)20(21(29)22(27)30)13-8-9-19-17(10-13)28-12-31-19/h1-12H,(H2,27,30). The van der Waals surface area contributed by atoms with Gasteiger partial charge >= 0.3 is 6.18 Å². The molecule has 0 atom stereocenters. The molecule has 31 heavy (non-hydrogen) atoms. The predicted molar refractivity (Wildman–Crippen MR) is 110 cm³/mol. The molecule has 2 aromatic heterocycles. The maximum Gasteiger partial charge on any atom is 0.416 e. The highest BCUT2D eigenvalue weighted by atomic mass is 19.4. The molecule has 8 heteroatoms. The van der Waals surface area contributed by atoms with Gasteiger partial charge in [0, 0.05) is 16.6 Å². The van der Waals surface area contributed by atoms with E-state index in [2.05, 4.69) is 4.98 Å². The minimum absolute atomic E-state index is 0.0865. The van der Waals surface area contributed by atoms with Gasteiger partial charge in [-0.1, -0.05) is 30.3 Å². The van der Waals surface area contributed by atoms with Crippen molar-refractivity contribution in [2.24, 2.45) is 5.73 Å². The van der Waals surface area contributed by atoms with E-state index in [0.29, 0.717) is 33.1 Å². The van der Waals surface area contributed by atoms with E-state index in [4.69, 9.17) is 10.2 Å². The van der Waals surface area contributed by atoms with Crippen LogP contribution < -0.4 is 5.73 Å². The van der Waals surface area contributed by atoms with Gasteiger partial charge in [-0.3, -0.25) is 4.79 Å². The molecule has 0 aliphatic carbocycles. The Labute approximate surface area is 173 Å². The zero-order chi connectivity index (χ0) is 21.8. The summed E-state index contributed by atoms with van der Waals surface area (Å²) >= 11 is 0. The summed E-state index contributed by atoms with van der Waals surface area (Å²) < 4.78 is 46.7. The maximum absolute atomic E-state index is 13.3. The molecule has 0 saturated carbocycles. The lowest BCUT2D eigenvalue weighted by atomic mass is 10.0.